The standard InChI is InChI=1S/C17H19N3/c1-14-12-16(13-18-19-10-6-7-11-19)15(2)20(14)17-8-4-3-5-9-17/h3-12,18H,13H2,1-2H3. The van der Waals surface area contributed by atoms with E-state index in [1.807, 2.05) is 35.3 Å². The largest absolute Gasteiger partial charge is 0.322 e. The highest BCUT2D eigenvalue weighted by molar-refractivity contribution is 5.41. The average molecular weight is 265 g/mol. The zero-order valence-electron chi connectivity index (χ0n) is 11.9. The molecule has 20 heavy (non-hydrogen) atoms. The molecule has 3 nitrogen and oxygen atoms in total. The number of hydrogen-bond acceptors (Lipinski definition) is 1. The number of nitrogens with one attached hydrogen (secondary N) is 1. The van der Waals surface area contributed by atoms with Gasteiger partial charge >= 0.3 is 0 Å². The van der Waals surface area contributed by atoms with Crippen molar-refractivity contribution in [1.82, 2.24) is 9.24 Å². The van der Waals surface area contributed by atoms with Crippen molar-refractivity contribution in [3.8, 4) is 5.69 Å². The summed E-state index contributed by atoms with van der Waals surface area (Å²) in [5, 5.41) is 0. The first-order chi connectivity index (χ1) is 9.75. The summed E-state index contributed by atoms with van der Waals surface area (Å²) in [4.78, 5) is 0. The van der Waals surface area contributed by atoms with Gasteiger partial charge in [-0.3, -0.25) is 4.68 Å². The van der Waals surface area contributed by atoms with E-state index >= 15 is 0 Å². The predicted molar refractivity (Wildman–Crippen MR) is 82.7 cm³/mol. The lowest BCUT2D eigenvalue weighted by molar-refractivity contribution is 0.839. The average Bonchev–Trinajstić information content (AvgIpc) is 3.06. The van der Waals surface area contributed by atoms with E-state index < -0.39 is 0 Å². The molecule has 102 valence electrons. The van der Waals surface area contributed by atoms with E-state index in [1.54, 1.807) is 0 Å². The summed E-state index contributed by atoms with van der Waals surface area (Å²) in [7, 11) is 0. The molecule has 0 aliphatic heterocycles. The number of rotatable bonds is 4. The Labute approximate surface area is 119 Å². The normalized spacial score (nSPS) is 10.7. The van der Waals surface area contributed by atoms with Gasteiger partial charge in [0, 0.05) is 29.5 Å². The fraction of sp³-hybridized carbons (Fsp3) is 0.176. The zero-order valence-corrected chi connectivity index (χ0v) is 11.9. The minimum Gasteiger partial charge on any atom is -0.322 e. The van der Waals surface area contributed by atoms with Crippen molar-refractivity contribution in [2.45, 2.75) is 20.4 Å². The molecule has 0 radical (unpaired) electrons. The molecule has 2 heterocycles. The summed E-state index contributed by atoms with van der Waals surface area (Å²) in [5.41, 5.74) is 8.46. The molecule has 1 N–H and O–H groups in total. The Morgan fingerprint density at radius 1 is 0.950 bits per heavy atom. The summed E-state index contributed by atoms with van der Waals surface area (Å²) >= 11 is 0. The Balaban J connectivity index is 1.87. The quantitative estimate of drug-likeness (QED) is 0.764. The van der Waals surface area contributed by atoms with Crippen LogP contribution in [0.3, 0.4) is 0 Å². The third-order valence-corrected chi connectivity index (χ3v) is 3.61. The number of benzene rings is 1. The lowest BCUT2D eigenvalue weighted by atomic mass is 10.2. The van der Waals surface area contributed by atoms with Crippen LogP contribution >= 0.6 is 0 Å². The van der Waals surface area contributed by atoms with Crippen molar-refractivity contribution < 1.29 is 0 Å². The maximum atomic E-state index is 3.38. The molecule has 0 bridgehead atoms. The fourth-order valence-electron chi connectivity index (χ4n) is 2.60. The van der Waals surface area contributed by atoms with E-state index in [0.29, 0.717) is 0 Å². The SMILES string of the molecule is Cc1cc(CNn2cccc2)c(C)n1-c1ccccc1. The number of aromatic nitrogens is 2. The molecular formula is C17H19N3. The molecule has 0 saturated carbocycles. The van der Waals surface area contributed by atoms with Crippen LogP contribution in [0.1, 0.15) is 17.0 Å². The molecule has 0 aliphatic carbocycles. The Kier molecular flexibility index (Phi) is 3.33. The zero-order chi connectivity index (χ0) is 13.9. The van der Waals surface area contributed by atoms with Crippen LogP contribution in [0.25, 0.3) is 5.69 Å². The highest BCUT2D eigenvalue weighted by atomic mass is 15.4. The maximum Gasteiger partial charge on any atom is 0.0582 e. The van der Waals surface area contributed by atoms with E-state index in [4.69, 9.17) is 0 Å². The molecule has 3 heteroatoms. The molecule has 0 aliphatic rings. The van der Waals surface area contributed by atoms with Gasteiger partial charge in [0.1, 0.15) is 0 Å². The van der Waals surface area contributed by atoms with E-state index in [1.165, 1.54) is 22.6 Å². The van der Waals surface area contributed by atoms with Crippen LogP contribution in [0.2, 0.25) is 0 Å². The number of hydrogen-bond donors (Lipinski definition) is 1. The summed E-state index contributed by atoms with van der Waals surface area (Å²) < 4.78 is 4.28. The van der Waals surface area contributed by atoms with Crippen LogP contribution in [0.5, 0.6) is 0 Å². The maximum absolute atomic E-state index is 3.38. The number of aryl methyl sites for hydroxylation is 1. The van der Waals surface area contributed by atoms with Gasteiger partial charge in [-0.15, -0.1) is 0 Å². The molecule has 2 aromatic heterocycles. The first-order valence-corrected chi connectivity index (χ1v) is 6.86. The monoisotopic (exact) mass is 265 g/mol. The molecular weight excluding hydrogens is 246 g/mol. The van der Waals surface area contributed by atoms with Crippen LogP contribution in [-0.2, 0) is 6.54 Å². The van der Waals surface area contributed by atoms with Crippen LogP contribution in [0, 0.1) is 13.8 Å². The van der Waals surface area contributed by atoms with Crippen molar-refractivity contribution in [2.24, 2.45) is 0 Å². The van der Waals surface area contributed by atoms with E-state index in [9.17, 15) is 0 Å². The molecule has 0 saturated heterocycles. The summed E-state index contributed by atoms with van der Waals surface area (Å²) in [6.07, 6.45) is 4.02. The highest BCUT2D eigenvalue weighted by Gasteiger charge is 2.09. The summed E-state index contributed by atoms with van der Waals surface area (Å²) in [5.74, 6) is 0. The summed E-state index contributed by atoms with van der Waals surface area (Å²) in [6, 6.07) is 16.8. The molecule has 3 rings (SSSR count). The second kappa shape index (κ2) is 5.29. The first kappa shape index (κ1) is 12.6. The van der Waals surface area contributed by atoms with Gasteiger partial charge in [0.25, 0.3) is 0 Å². The van der Waals surface area contributed by atoms with Gasteiger partial charge in [-0.1, -0.05) is 18.2 Å². The van der Waals surface area contributed by atoms with E-state index in [0.717, 1.165) is 6.54 Å². The van der Waals surface area contributed by atoms with Gasteiger partial charge in [-0.2, -0.15) is 0 Å². The molecule has 0 spiro atoms. The number of nitrogens with zero attached hydrogens (tertiary/aromatic N) is 2. The predicted octanol–water partition coefficient (Wildman–Crippen LogP) is 3.64. The molecule has 1 aromatic carbocycles. The van der Waals surface area contributed by atoms with Crippen LogP contribution in [0.4, 0.5) is 0 Å². The third kappa shape index (κ3) is 2.35. The molecule has 3 aromatic rings. The Hall–Kier alpha value is -2.42. The second-order valence-corrected chi connectivity index (χ2v) is 4.99. The van der Waals surface area contributed by atoms with Gasteiger partial charge in [-0.25, -0.2) is 0 Å². The van der Waals surface area contributed by atoms with E-state index in [-0.39, 0.29) is 0 Å². The minimum atomic E-state index is 0.821. The van der Waals surface area contributed by atoms with Crippen LogP contribution < -0.4 is 5.43 Å². The first-order valence-electron chi connectivity index (χ1n) is 6.86. The highest BCUT2D eigenvalue weighted by Crippen LogP contribution is 2.20. The Morgan fingerprint density at radius 3 is 2.35 bits per heavy atom. The molecule has 0 amide bonds. The summed E-state index contributed by atoms with van der Waals surface area (Å²) in [6.45, 7) is 5.15. The van der Waals surface area contributed by atoms with Gasteiger partial charge in [0.05, 0.1) is 6.54 Å². The molecule has 0 fully saturated rings. The van der Waals surface area contributed by atoms with Crippen molar-refractivity contribution in [3.63, 3.8) is 0 Å². The topological polar surface area (TPSA) is 21.9 Å². The Morgan fingerprint density at radius 2 is 1.65 bits per heavy atom. The molecule has 0 atom stereocenters. The van der Waals surface area contributed by atoms with E-state index in [2.05, 4.69) is 54.2 Å². The Bertz CT molecular complexity index is 679. The minimum absolute atomic E-state index is 0.821. The van der Waals surface area contributed by atoms with Crippen molar-refractivity contribution in [3.05, 3.63) is 77.9 Å². The van der Waals surface area contributed by atoms with Crippen LogP contribution in [-0.4, -0.2) is 9.24 Å². The van der Waals surface area contributed by atoms with Crippen LogP contribution in [0.15, 0.2) is 60.9 Å². The fourth-order valence-corrected chi connectivity index (χ4v) is 2.60. The molecule has 0 unspecified atom stereocenters. The van der Waals surface area contributed by atoms with Gasteiger partial charge in [-0.05, 0) is 49.7 Å². The number of para-hydroxylation sites is 1. The van der Waals surface area contributed by atoms with Crippen molar-refractivity contribution >= 4 is 0 Å². The lowest BCUT2D eigenvalue weighted by Gasteiger charge is -2.11. The third-order valence-electron chi connectivity index (χ3n) is 3.61. The van der Waals surface area contributed by atoms with Gasteiger partial charge in [0.2, 0.25) is 0 Å². The van der Waals surface area contributed by atoms with Gasteiger partial charge in [0.15, 0.2) is 0 Å². The second-order valence-electron chi connectivity index (χ2n) is 4.99. The van der Waals surface area contributed by atoms with Crippen molar-refractivity contribution in [1.29, 1.82) is 0 Å². The lowest BCUT2D eigenvalue weighted by Crippen LogP contribution is -2.12. The van der Waals surface area contributed by atoms with Gasteiger partial charge < -0.3 is 9.99 Å². The van der Waals surface area contributed by atoms with Crippen molar-refractivity contribution in [2.75, 3.05) is 5.43 Å². The smallest absolute Gasteiger partial charge is 0.0582 e.